The van der Waals surface area contributed by atoms with E-state index in [-0.39, 0.29) is 12.8 Å². The monoisotopic (exact) mass is 211 g/mol. The standard InChI is InChI=1S/C8H12F3NO2/c1-5(6(13)14-2)12-7(3-4-7)8(9,10)11/h5,12H,3-4H2,1-2H3. The number of hydrogen-bond donors (Lipinski definition) is 1. The van der Waals surface area contributed by atoms with Crippen LogP contribution in [0, 0.1) is 0 Å². The molecule has 1 unspecified atom stereocenters. The van der Waals surface area contributed by atoms with Crippen molar-refractivity contribution in [3.8, 4) is 0 Å². The van der Waals surface area contributed by atoms with Crippen LogP contribution in [0.1, 0.15) is 19.8 Å². The topological polar surface area (TPSA) is 38.3 Å². The van der Waals surface area contributed by atoms with E-state index in [0.717, 1.165) is 7.11 Å². The lowest BCUT2D eigenvalue weighted by Gasteiger charge is -2.23. The van der Waals surface area contributed by atoms with Crippen LogP contribution >= 0.6 is 0 Å². The first kappa shape index (κ1) is 11.3. The molecule has 1 fully saturated rings. The minimum atomic E-state index is -4.30. The van der Waals surface area contributed by atoms with Crippen LogP contribution in [0.15, 0.2) is 0 Å². The number of ether oxygens (including phenoxy) is 1. The van der Waals surface area contributed by atoms with Crippen LogP contribution in [0.2, 0.25) is 0 Å². The number of methoxy groups -OCH3 is 1. The molecule has 14 heavy (non-hydrogen) atoms. The number of alkyl halides is 3. The smallest absolute Gasteiger partial charge is 0.406 e. The first-order chi connectivity index (χ1) is 6.32. The van der Waals surface area contributed by atoms with Gasteiger partial charge in [0.15, 0.2) is 0 Å². The number of carbonyl (C=O) groups excluding carboxylic acids is 1. The molecule has 0 aliphatic heterocycles. The van der Waals surface area contributed by atoms with Gasteiger partial charge in [0.1, 0.15) is 11.6 Å². The van der Waals surface area contributed by atoms with Gasteiger partial charge in [0, 0.05) is 0 Å². The molecule has 6 heteroatoms. The van der Waals surface area contributed by atoms with Crippen LogP contribution in [0.3, 0.4) is 0 Å². The molecular weight excluding hydrogens is 199 g/mol. The Morgan fingerprint density at radius 2 is 2.00 bits per heavy atom. The lowest BCUT2D eigenvalue weighted by molar-refractivity contribution is -0.170. The summed E-state index contributed by atoms with van der Waals surface area (Å²) >= 11 is 0. The van der Waals surface area contributed by atoms with Crippen molar-refractivity contribution in [3.63, 3.8) is 0 Å². The maximum Gasteiger partial charge on any atom is 0.406 e. The maximum absolute atomic E-state index is 12.4. The summed E-state index contributed by atoms with van der Waals surface area (Å²) in [4.78, 5) is 10.9. The molecule has 0 saturated heterocycles. The van der Waals surface area contributed by atoms with Crippen molar-refractivity contribution in [1.29, 1.82) is 0 Å². The van der Waals surface area contributed by atoms with Gasteiger partial charge in [0.05, 0.1) is 7.11 Å². The van der Waals surface area contributed by atoms with Gasteiger partial charge < -0.3 is 4.74 Å². The van der Waals surface area contributed by atoms with E-state index in [1.807, 2.05) is 0 Å². The van der Waals surface area contributed by atoms with Gasteiger partial charge in [-0.05, 0) is 19.8 Å². The molecule has 0 amide bonds. The average molecular weight is 211 g/mol. The third kappa shape index (κ3) is 2.00. The van der Waals surface area contributed by atoms with Crippen LogP contribution in [-0.4, -0.2) is 30.8 Å². The molecule has 1 rings (SSSR count). The van der Waals surface area contributed by atoms with Gasteiger partial charge in [0.2, 0.25) is 0 Å². The van der Waals surface area contributed by atoms with Crippen molar-refractivity contribution in [2.45, 2.75) is 37.5 Å². The van der Waals surface area contributed by atoms with Crippen LogP contribution < -0.4 is 5.32 Å². The second-order valence-electron chi connectivity index (χ2n) is 3.47. The molecule has 0 heterocycles. The lowest BCUT2D eigenvalue weighted by Crippen LogP contribution is -2.51. The van der Waals surface area contributed by atoms with Gasteiger partial charge in [-0.25, -0.2) is 0 Å². The molecule has 82 valence electrons. The van der Waals surface area contributed by atoms with E-state index in [9.17, 15) is 18.0 Å². The SMILES string of the molecule is COC(=O)C(C)NC1(C(F)(F)F)CC1. The summed E-state index contributed by atoms with van der Waals surface area (Å²) in [5.74, 6) is -0.680. The Hall–Kier alpha value is -0.780. The zero-order valence-electron chi connectivity index (χ0n) is 7.94. The summed E-state index contributed by atoms with van der Waals surface area (Å²) < 4.78 is 41.6. The van der Waals surface area contributed by atoms with Gasteiger partial charge in [-0.15, -0.1) is 0 Å². The van der Waals surface area contributed by atoms with Crippen LogP contribution in [-0.2, 0) is 9.53 Å². The summed E-state index contributed by atoms with van der Waals surface area (Å²) in [6, 6.07) is -0.927. The van der Waals surface area contributed by atoms with Crippen molar-refractivity contribution in [3.05, 3.63) is 0 Å². The lowest BCUT2D eigenvalue weighted by atomic mass is 10.2. The minimum Gasteiger partial charge on any atom is -0.468 e. The van der Waals surface area contributed by atoms with Crippen molar-refractivity contribution in [2.75, 3.05) is 7.11 Å². The summed E-state index contributed by atoms with van der Waals surface area (Å²) in [6.07, 6.45) is -4.25. The third-order valence-corrected chi connectivity index (χ3v) is 2.34. The second-order valence-corrected chi connectivity index (χ2v) is 3.47. The Balaban J connectivity index is 2.57. The normalized spacial score (nSPS) is 21.5. The number of halogens is 3. The quantitative estimate of drug-likeness (QED) is 0.713. The number of rotatable bonds is 3. The molecule has 0 spiro atoms. The van der Waals surface area contributed by atoms with Crippen molar-refractivity contribution >= 4 is 5.97 Å². The molecule has 0 bridgehead atoms. The maximum atomic E-state index is 12.4. The van der Waals surface area contributed by atoms with Gasteiger partial charge in [0.25, 0.3) is 0 Å². The number of nitrogens with one attached hydrogen (secondary N) is 1. The Morgan fingerprint density at radius 3 is 2.29 bits per heavy atom. The van der Waals surface area contributed by atoms with Crippen molar-refractivity contribution < 1.29 is 22.7 Å². The highest BCUT2D eigenvalue weighted by molar-refractivity contribution is 5.75. The van der Waals surface area contributed by atoms with Crippen molar-refractivity contribution in [2.24, 2.45) is 0 Å². The highest BCUT2D eigenvalue weighted by atomic mass is 19.4. The predicted molar refractivity (Wildman–Crippen MR) is 42.6 cm³/mol. The zero-order valence-corrected chi connectivity index (χ0v) is 7.94. The number of carbonyl (C=O) groups is 1. The third-order valence-electron chi connectivity index (χ3n) is 2.34. The summed E-state index contributed by atoms with van der Waals surface area (Å²) in [5.41, 5.74) is -1.86. The van der Waals surface area contributed by atoms with E-state index >= 15 is 0 Å². The Bertz CT molecular complexity index is 235. The summed E-state index contributed by atoms with van der Waals surface area (Å²) in [5, 5.41) is 2.26. The fourth-order valence-electron chi connectivity index (χ4n) is 1.28. The molecule has 1 atom stereocenters. The Labute approximate surface area is 79.6 Å². The molecular formula is C8H12F3NO2. The largest absolute Gasteiger partial charge is 0.468 e. The van der Waals surface area contributed by atoms with Gasteiger partial charge in [-0.1, -0.05) is 0 Å². The van der Waals surface area contributed by atoms with Gasteiger partial charge in [-0.2, -0.15) is 13.2 Å². The van der Waals surface area contributed by atoms with E-state index in [1.165, 1.54) is 6.92 Å². The molecule has 1 N–H and O–H groups in total. The van der Waals surface area contributed by atoms with Crippen LogP contribution in [0.25, 0.3) is 0 Å². The number of hydrogen-bond acceptors (Lipinski definition) is 3. The summed E-state index contributed by atoms with van der Waals surface area (Å²) in [6.45, 7) is 1.36. The molecule has 0 aromatic rings. The fraction of sp³-hybridized carbons (Fsp3) is 0.875. The Kier molecular flexibility index (Phi) is 2.76. The molecule has 0 aromatic carbocycles. The van der Waals surface area contributed by atoms with E-state index in [4.69, 9.17) is 0 Å². The molecule has 0 radical (unpaired) electrons. The number of esters is 1. The average Bonchev–Trinajstić information content (AvgIpc) is 2.82. The van der Waals surface area contributed by atoms with E-state index < -0.39 is 23.7 Å². The van der Waals surface area contributed by atoms with E-state index in [0.29, 0.717) is 0 Å². The van der Waals surface area contributed by atoms with E-state index in [1.54, 1.807) is 0 Å². The zero-order chi connectivity index (χ0) is 11.0. The highest BCUT2D eigenvalue weighted by Crippen LogP contribution is 2.49. The van der Waals surface area contributed by atoms with E-state index in [2.05, 4.69) is 10.1 Å². The second kappa shape index (κ2) is 3.42. The molecule has 3 nitrogen and oxygen atoms in total. The van der Waals surface area contributed by atoms with Crippen LogP contribution in [0.4, 0.5) is 13.2 Å². The first-order valence-corrected chi connectivity index (χ1v) is 4.25. The Morgan fingerprint density at radius 1 is 1.50 bits per heavy atom. The van der Waals surface area contributed by atoms with Gasteiger partial charge >= 0.3 is 12.1 Å². The fourth-order valence-corrected chi connectivity index (χ4v) is 1.28. The molecule has 1 saturated carbocycles. The minimum absolute atomic E-state index is 0.0256. The van der Waals surface area contributed by atoms with Crippen molar-refractivity contribution in [1.82, 2.24) is 5.32 Å². The van der Waals surface area contributed by atoms with Gasteiger partial charge in [-0.3, -0.25) is 10.1 Å². The molecule has 0 aromatic heterocycles. The molecule has 1 aliphatic rings. The molecule has 1 aliphatic carbocycles. The van der Waals surface area contributed by atoms with Crippen LogP contribution in [0.5, 0.6) is 0 Å². The summed E-state index contributed by atoms with van der Waals surface area (Å²) in [7, 11) is 1.15. The first-order valence-electron chi connectivity index (χ1n) is 4.25. The predicted octanol–water partition coefficient (Wildman–Crippen LogP) is 1.23. The highest BCUT2D eigenvalue weighted by Gasteiger charge is 2.63.